The Labute approximate surface area is 124 Å². The van der Waals surface area contributed by atoms with Crippen LogP contribution >= 0.6 is 11.3 Å². The van der Waals surface area contributed by atoms with Crippen LogP contribution in [0, 0.1) is 0 Å². The van der Waals surface area contributed by atoms with Gasteiger partial charge in [0, 0.05) is 18.2 Å². The normalized spacial score (nSPS) is 16.3. The van der Waals surface area contributed by atoms with E-state index < -0.39 is 0 Å². The molecule has 1 aliphatic rings. The fourth-order valence-corrected chi connectivity index (χ4v) is 3.24. The predicted molar refractivity (Wildman–Crippen MR) is 83.1 cm³/mol. The Hall–Kier alpha value is -1.45. The number of thiophene rings is 1. The fraction of sp³-hybridized carbons (Fsp3) is 0.353. The Morgan fingerprint density at radius 3 is 2.65 bits per heavy atom. The molecule has 104 valence electrons. The fourth-order valence-electron chi connectivity index (χ4n) is 2.58. The van der Waals surface area contributed by atoms with E-state index in [2.05, 4.69) is 21.7 Å². The van der Waals surface area contributed by atoms with E-state index in [1.165, 1.54) is 18.4 Å². The van der Waals surface area contributed by atoms with Gasteiger partial charge in [-0.3, -0.25) is 9.69 Å². The summed E-state index contributed by atoms with van der Waals surface area (Å²) in [7, 11) is 0. The molecule has 0 saturated heterocycles. The van der Waals surface area contributed by atoms with Crippen LogP contribution in [-0.2, 0) is 6.54 Å². The van der Waals surface area contributed by atoms with Crippen molar-refractivity contribution >= 4 is 17.1 Å². The zero-order chi connectivity index (χ0) is 13.9. The molecule has 3 heteroatoms. The van der Waals surface area contributed by atoms with Gasteiger partial charge in [0.1, 0.15) is 0 Å². The van der Waals surface area contributed by atoms with E-state index >= 15 is 0 Å². The van der Waals surface area contributed by atoms with Crippen molar-refractivity contribution in [3.63, 3.8) is 0 Å². The zero-order valence-corrected chi connectivity index (χ0v) is 12.5. The number of ketones is 1. The molecule has 20 heavy (non-hydrogen) atoms. The summed E-state index contributed by atoms with van der Waals surface area (Å²) in [5, 5.41) is 4.28. The third kappa shape index (κ3) is 3.00. The highest BCUT2D eigenvalue weighted by Gasteiger charge is 2.35. The van der Waals surface area contributed by atoms with Gasteiger partial charge in [0.15, 0.2) is 5.78 Å². The second-order valence-corrected chi connectivity index (χ2v) is 6.22. The number of carbonyl (C=O) groups excluding carboxylic acids is 1. The topological polar surface area (TPSA) is 20.3 Å². The van der Waals surface area contributed by atoms with Crippen LogP contribution in [0.25, 0.3) is 0 Å². The molecule has 1 saturated carbocycles. The molecule has 2 nitrogen and oxygen atoms in total. The highest BCUT2D eigenvalue weighted by molar-refractivity contribution is 7.07. The Morgan fingerprint density at radius 2 is 2.05 bits per heavy atom. The Morgan fingerprint density at radius 1 is 1.30 bits per heavy atom. The molecule has 0 bridgehead atoms. The van der Waals surface area contributed by atoms with Gasteiger partial charge < -0.3 is 0 Å². The van der Waals surface area contributed by atoms with Gasteiger partial charge in [-0.25, -0.2) is 0 Å². The first-order chi connectivity index (χ1) is 9.75. The van der Waals surface area contributed by atoms with E-state index in [0.717, 1.165) is 12.1 Å². The summed E-state index contributed by atoms with van der Waals surface area (Å²) in [6.45, 7) is 2.92. The van der Waals surface area contributed by atoms with Crippen LogP contribution in [0.5, 0.6) is 0 Å². The van der Waals surface area contributed by atoms with Gasteiger partial charge in [0.2, 0.25) is 0 Å². The highest BCUT2D eigenvalue weighted by Crippen LogP contribution is 2.31. The van der Waals surface area contributed by atoms with Crippen molar-refractivity contribution in [1.29, 1.82) is 0 Å². The molecule has 0 N–H and O–H groups in total. The summed E-state index contributed by atoms with van der Waals surface area (Å²) in [6.07, 6.45) is 2.44. The smallest absolute Gasteiger partial charge is 0.179 e. The molecule has 1 atom stereocenters. The molecular formula is C17H19NOS. The van der Waals surface area contributed by atoms with E-state index in [1.807, 2.05) is 37.3 Å². The van der Waals surface area contributed by atoms with Crippen molar-refractivity contribution in [3.05, 3.63) is 58.3 Å². The van der Waals surface area contributed by atoms with E-state index in [1.54, 1.807) is 11.3 Å². The lowest BCUT2D eigenvalue weighted by Gasteiger charge is -2.27. The van der Waals surface area contributed by atoms with E-state index in [0.29, 0.717) is 6.04 Å². The predicted octanol–water partition coefficient (Wildman–Crippen LogP) is 3.98. The van der Waals surface area contributed by atoms with Crippen molar-refractivity contribution in [2.75, 3.05) is 0 Å². The first-order valence-corrected chi connectivity index (χ1v) is 8.06. The van der Waals surface area contributed by atoms with Gasteiger partial charge >= 0.3 is 0 Å². The van der Waals surface area contributed by atoms with Crippen LogP contribution < -0.4 is 0 Å². The maximum absolute atomic E-state index is 12.6. The molecule has 1 fully saturated rings. The number of nitrogens with zero attached hydrogens (tertiary/aromatic N) is 1. The second-order valence-electron chi connectivity index (χ2n) is 5.44. The van der Waals surface area contributed by atoms with Crippen molar-refractivity contribution in [1.82, 2.24) is 4.90 Å². The summed E-state index contributed by atoms with van der Waals surface area (Å²) in [6, 6.07) is 12.3. The number of benzene rings is 1. The van der Waals surface area contributed by atoms with Gasteiger partial charge in [0.05, 0.1) is 6.04 Å². The average Bonchev–Trinajstić information content (AvgIpc) is 3.21. The minimum atomic E-state index is -0.0511. The van der Waals surface area contributed by atoms with Gasteiger partial charge in [-0.1, -0.05) is 30.3 Å². The number of hydrogen-bond acceptors (Lipinski definition) is 3. The van der Waals surface area contributed by atoms with E-state index in [9.17, 15) is 4.79 Å². The standard InChI is InChI=1S/C17H19NOS/c1-13(17(19)15-5-3-2-4-6-15)18(16-7-8-16)11-14-9-10-20-12-14/h2-6,9-10,12-13,16H,7-8,11H2,1H3. The van der Waals surface area contributed by atoms with Crippen LogP contribution in [0.2, 0.25) is 0 Å². The summed E-state index contributed by atoms with van der Waals surface area (Å²) in [5.41, 5.74) is 2.13. The Balaban J connectivity index is 1.75. The maximum Gasteiger partial charge on any atom is 0.179 e. The van der Waals surface area contributed by atoms with Gasteiger partial charge in [0.25, 0.3) is 0 Å². The third-order valence-corrected chi connectivity index (χ3v) is 4.63. The molecule has 1 aliphatic carbocycles. The first-order valence-electron chi connectivity index (χ1n) is 7.12. The summed E-state index contributed by atoms with van der Waals surface area (Å²) < 4.78 is 0. The number of carbonyl (C=O) groups is 1. The molecule has 1 aromatic carbocycles. The van der Waals surface area contributed by atoms with Crippen LogP contribution in [0.15, 0.2) is 47.2 Å². The van der Waals surface area contributed by atoms with Gasteiger partial charge in [-0.15, -0.1) is 0 Å². The van der Waals surface area contributed by atoms with Crippen LogP contribution in [0.1, 0.15) is 35.7 Å². The third-order valence-electron chi connectivity index (χ3n) is 3.90. The SMILES string of the molecule is CC(C(=O)c1ccccc1)N(Cc1ccsc1)C1CC1. The molecule has 1 aromatic heterocycles. The van der Waals surface area contributed by atoms with Crippen LogP contribution in [0.4, 0.5) is 0 Å². The van der Waals surface area contributed by atoms with Crippen LogP contribution in [0.3, 0.4) is 0 Å². The van der Waals surface area contributed by atoms with Gasteiger partial charge in [-0.05, 0) is 42.2 Å². The van der Waals surface area contributed by atoms with Crippen molar-refractivity contribution < 1.29 is 4.79 Å². The minimum Gasteiger partial charge on any atom is -0.292 e. The monoisotopic (exact) mass is 285 g/mol. The molecule has 1 unspecified atom stereocenters. The lowest BCUT2D eigenvalue weighted by Crippen LogP contribution is -2.40. The molecule has 0 amide bonds. The molecule has 1 heterocycles. The molecule has 0 aliphatic heterocycles. The summed E-state index contributed by atoms with van der Waals surface area (Å²) in [4.78, 5) is 15.0. The van der Waals surface area contributed by atoms with Crippen molar-refractivity contribution in [3.8, 4) is 0 Å². The van der Waals surface area contributed by atoms with Crippen LogP contribution in [-0.4, -0.2) is 22.8 Å². The lowest BCUT2D eigenvalue weighted by molar-refractivity contribution is 0.0815. The summed E-state index contributed by atoms with van der Waals surface area (Å²) >= 11 is 1.72. The zero-order valence-electron chi connectivity index (χ0n) is 11.7. The quantitative estimate of drug-likeness (QED) is 0.748. The van der Waals surface area contributed by atoms with E-state index in [-0.39, 0.29) is 11.8 Å². The number of Topliss-reactive ketones (excluding diaryl/α,β-unsaturated/α-hetero) is 1. The van der Waals surface area contributed by atoms with Crippen molar-refractivity contribution in [2.24, 2.45) is 0 Å². The highest BCUT2D eigenvalue weighted by atomic mass is 32.1. The molecular weight excluding hydrogens is 266 g/mol. The summed E-state index contributed by atoms with van der Waals surface area (Å²) in [5.74, 6) is 0.229. The number of hydrogen-bond donors (Lipinski definition) is 0. The average molecular weight is 285 g/mol. The second kappa shape index (κ2) is 5.90. The Kier molecular flexibility index (Phi) is 3.99. The largest absolute Gasteiger partial charge is 0.292 e. The molecule has 0 radical (unpaired) electrons. The lowest BCUT2D eigenvalue weighted by atomic mass is 10.0. The molecule has 0 spiro atoms. The van der Waals surface area contributed by atoms with E-state index in [4.69, 9.17) is 0 Å². The molecule has 2 aromatic rings. The molecule has 3 rings (SSSR count). The van der Waals surface area contributed by atoms with Gasteiger partial charge in [-0.2, -0.15) is 11.3 Å². The minimum absolute atomic E-state index is 0.0511. The number of rotatable bonds is 6. The van der Waals surface area contributed by atoms with Crippen molar-refractivity contribution in [2.45, 2.75) is 38.4 Å². The Bertz CT molecular complexity index is 560. The first kappa shape index (κ1) is 13.5. The maximum atomic E-state index is 12.6.